The summed E-state index contributed by atoms with van der Waals surface area (Å²) in [5.74, 6) is -0.830. The van der Waals surface area contributed by atoms with E-state index < -0.39 is 5.97 Å². The third-order valence-electron chi connectivity index (χ3n) is 2.59. The van der Waals surface area contributed by atoms with Crippen molar-refractivity contribution >= 4 is 17.6 Å². The summed E-state index contributed by atoms with van der Waals surface area (Å²) in [6.07, 6.45) is 3.75. The number of halogens is 1. The number of rotatable bonds is 4. The topological polar surface area (TPSA) is 42.2 Å². The van der Waals surface area contributed by atoms with Gasteiger partial charge in [-0.15, -0.1) is 0 Å². The maximum absolute atomic E-state index is 10.9. The fraction of sp³-hybridized carbons (Fsp3) is 0.154. The predicted molar refractivity (Wildman–Crippen MR) is 66.3 cm³/mol. The number of nitrogens with zero attached hydrogens (tertiary/aromatic N) is 1. The van der Waals surface area contributed by atoms with Gasteiger partial charge in [0.25, 0.3) is 0 Å². The Kier molecular flexibility index (Phi) is 3.49. The molecule has 0 aliphatic heterocycles. The van der Waals surface area contributed by atoms with Gasteiger partial charge in [-0.25, -0.2) is 0 Å². The quantitative estimate of drug-likeness (QED) is 0.904. The van der Waals surface area contributed by atoms with Crippen LogP contribution in [0.1, 0.15) is 18.0 Å². The van der Waals surface area contributed by atoms with Gasteiger partial charge in [-0.2, -0.15) is 0 Å². The number of benzene rings is 1. The van der Waals surface area contributed by atoms with Crippen LogP contribution in [-0.2, 0) is 4.79 Å². The van der Waals surface area contributed by atoms with Gasteiger partial charge < -0.3 is 9.67 Å². The lowest BCUT2D eigenvalue weighted by atomic mass is 10.0. The van der Waals surface area contributed by atoms with Gasteiger partial charge in [-0.05, 0) is 29.8 Å². The number of hydrogen-bond donors (Lipinski definition) is 1. The first-order valence-corrected chi connectivity index (χ1v) is 5.64. The number of carboxylic acid groups (broad SMARTS) is 1. The Balaban J connectivity index is 2.36. The molecule has 1 aromatic carbocycles. The van der Waals surface area contributed by atoms with Gasteiger partial charge in [-0.3, -0.25) is 4.79 Å². The standard InChI is InChI=1S/C13H12ClNO2/c14-11-5-3-4-10(8-11)12(9-13(16)17)15-6-1-2-7-15/h1-8,12H,9H2,(H,16,17)/t12-/m0/s1. The molecule has 0 fully saturated rings. The summed E-state index contributed by atoms with van der Waals surface area (Å²) in [6, 6.07) is 10.8. The largest absolute Gasteiger partial charge is 0.481 e. The number of carbonyl (C=O) groups is 1. The lowest BCUT2D eigenvalue weighted by Crippen LogP contribution is -2.13. The minimum Gasteiger partial charge on any atom is -0.481 e. The summed E-state index contributed by atoms with van der Waals surface area (Å²) in [4.78, 5) is 10.9. The lowest BCUT2D eigenvalue weighted by Gasteiger charge is -2.17. The molecule has 1 atom stereocenters. The van der Waals surface area contributed by atoms with Gasteiger partial charge in [0.15, 0.2) is 0 Å². The zero-order valence-corrected chi connectivity index (χ0v) is 9.84. The Hall–Kier alpha value is -1.74. The molecular weight excluding hydrogens is 238 g/mol. The molecule has 4 heteroatoms. The number of hydrogen-bond acceptors (Lipinski definition) is 1. The van der Waals surface area contributed by atoms with E-state index in [0.29, 0.717) is 5.02 Å². The minimum atomic E-state index is -0.830. The van der Waals surface area contributed by atoms with E-state index in [-0.39, 0.29) is 12.5 Å². The summed E-state index contributed by atoms with van der Waals surface area (Å²) in [7, 11) is 0. The van der Waals surface area contributed by atoms with Crippen molar-refractivity contribution in [1.82, 2.24) is 4.57 Å². The molecule has 17 heavy (non-hydrogen) atoms. The van der Waals surface area contributed by atoms with Crippen molar-refractivity contribution in [2.45, 2.75) is 12.5 Å². The number of carboxylic acids is 1. The van der Waals surface area contributed by atoms with Crippen molar-refractivity contribution in [2.24, 2.45) is 0 Å². The highest BCUT2D eigenvalue weighted by molar-refractivity contribution is 6.30. The Bertz CT molecular complexity index is 508. The zero-order valence-electron chi connectivity index (χ0n) is 9.08. The van der Waals surface area contributed by atoms with E-state index in [2.05, 4.69) is 0 Å². The van der Waals surface area contributed by atoms with Crippen LogP contribution in [0, 0.1) is 0 Å². The second-order valence-electron chi connectivity index (χ2n) is 3.80. The van der Waals surface area contributed by atoms with Crippen molar-refractivity contribution in [2.75, 3.05) is 0 Å². The van der Waals surface area contributed by atoms with Crippen LogP contribution in [0.4, 0.5) is 0 Å². The van der Waals surface area contributed by atoms with E-state index in [1.165, 1.54) is 0 Å². The van der Waals surface area contributed by atoms with E-state index in [9.17, 15) is 4.79 Å². The predicted octanol–water partition coefficient (Wildman–Crippen LogP) is 3.21. The molecule has 0 radical (unpaired) electrons. The minimum absolute atomic E-state index is 0.0367. The molecule has 2 rings (SSSR count). The van der Waals surface area contributed by atoms with Gasteiger partial charge >= 0.3 is 5.97 Å². The molecule has 0 aliphatic rings. The molecule has 1 N–H and O–H groups in total. The first-order chi connectivity index (χ1) is 8.16. The number of aliphatic carboxylic acids is 1. The third kappa shape index (κ3) is 2.88. The van der Waals surface area contributed by atoms with E-state index in [4.69, 9.17) is 16.7 Å². The van der Waals surface area contributed by atoms with Crippen molar-refractivity contribution in [3.05, 3.63) is 59.4 Å². The van der Waals surface area contributed by atoms with Crippen LogP contribution in [0.3, 0.4) is 0 Å². The Morgan fingerprint density at radius 2 is 2.00 bits per heavy atom. The number of aromatic nitrogens is 1. The maximum atomic E-state index is 10.9. The summed E-state index contributed by atoms with van der Waals surface area (Å²) < 4.78 is 1.87. The molecule has 0 unspecified atom stereocenters. The van der Waals surface area contributed by atoms with Crippen molar-refractivity contribution in [3.63, 3.8) is 0 Å². The molecule has 2 aromatic rings. The van der Waals surface area contributed by atoms with E-state index >= 15 is 0 Å². The van der Waals surface area contributed by atoms with Gasteiger partial charge in [0.1, 0.15) is 0 Å². The molecule has 0 saturated heterocycles. The zero-order chi connectivity index (χ0) is 12.3. The second-order valence-corrected chi connectivity index (χ2v) is 4.24. The molecule has 0 amide bonds. The lowest BCUT2D eigenvalue weighted by molar-refractivity contribution is -0.137. The third-order valence-corrected chi connectivity index (χ3v) is 2.82. The van der Waals surface area contributed by atoms with Crippen LogP contribution in [-0.4, -0.2) is 15.6 Å². The second kappa shape index (κ2) is 5.06. The molecule has 88 valence electrons. The molecular formula is C13H12ClNO2. The molecule has 0 saturated carbocycles. The fourth-order valence-corrected chi connectivity index (χ4v) is 2.03. The van der Waals surface area contributed by atoms with Crippen molar-refractivity contribution < 1.29 is 9.90 Å². The van der Waals surface area contributed by atoms with E-state index in [1.807, 2.05) is 41.2 Å². The maximum Gasteiger partial charge on any atom is 0.305 e. The molecule has 0 bridgehead atoms. The van der Waals surface area contributed by atoms with Crippen LogP contribution in [0.5, 0.6) is 0 Å². The SMILES string of the molecule is O=C(O)C[C@@H](c1cccc(Cl)c1)n1cccc1. The smallest absolute Gasteiger partial charge is 0.305 e. The van der Waals surface area contributed by atoms with Gasteiger partial charge in [0.2, 0.25) is 0 Å². The van der Waals surface area contributed by atoms with Crippen molar-refractivity contribution in [3.8, 4) is 0 Å². The van der Waals surface area contributed by atoms with Crippen LogP contribution in [0.25, 0.3) is 0 Å². The Morgan fingerprint density at radius 3 is 2.59 bits per heavy atom. The summed E-state index contributed by atoms with van der Waals surface area (Å²) in [6.45, 7) is 0. The molecule has 0 aliphatic carbocycles. The summed E-state index contributed by atoms with van der Waals surface area (Å²) >= 11 is 5.93. The summed E-state index contributed by atoms with van der Waals surface area (Å²) in [5.41, 5.74) is 0.899. The molecule has 3 nitrogen and oxygen atoms in total. The van der Waals surface area contributed by atoms with E-state index in [0.717, 1.165) is 5.56 Å². The normalized spacial score (nSPS) is 12.3. The van der Waals surface area contributed by atoms with Gasteiger partial charge in [0, 0.05) is 17.4 Å². The van der Waals surface area contributed by atoms with Crippen molar-refractivity contribution in [1.29, 1.82) is 0 Å². The molecule has 0 spiro atoms. The van der Waals surface area contributed by atoms with Gasteiger partial charge in [0.05, 0.1) is 12.5 Å². The highest BCUT2D eigenvalue weighted by Crippen LogP contribution is 2.24. The van der Waals surface area contributed by atoms with Crippen LogP contribution in [0.15, 0.2) is 48.8 Å². The average molecular weight is 250 g/mol. The van der Waals surface area contributed by atoms with Crippen LogP contribution in [0.2, 0.25) is 5.02 Å². The highest BCUT2D eigenvalue weighted by Gasteiger charge is 2.16. The van der Waals surface area contributed by atoms with Gasteiger partial charge in [-0.1, -0.05) is 23.7 Å². The summed E-state index contributed by atoms with van der Waals surface area (Å²) in [5, 5.41) is 9.58. The van der Waals surface area contributed by atoms with Crippen LogP contribution < -0.4 is 0 Å². The Labute approximate surface area is 104 Å². The highest BCUT2D eigenvalue weighted by atomic mass is 35.5. The molecule has 1 heterocycles. The monoisotopic (exact) mass is 249 g/mol. The van der Waals surface area contributed by atoms with Crippen LogP contribution >= 0.6 is 11.6 Å². The fourth-order valence-electron chi connectivity index (χ4n) is 1.83. The molecule has 1 aromatic heterocycles. The Morgan fingerprint density at radius 1 is 1.29 bits per heavy atom. The average Bonchev–Trinajstić information content (AvgIpc) is 2.79. The first-order valence-electron chi connectivity index (χ1n) is 5.26. The first kappa shape index (κ1) is 11.7. The van der Waals surface area contributed by atoms with E-state index in [1.54, 1.807) is 12.1 Å².